The second kappa shape index (κ2) is 7.24. The summed E-state index contributed by atoms with van der Waals surface area (Å²) in [6, 6.07) is 13.9. The Labute approximate surface area is 138 Å². The van der Waals surface area contributed by atoms with Crippen LogP contribution in [0, 0.1) is 5.82 Å². The number of ether oxygens (including phenoxy) is 1. The highest BCUT2D eigenvalue weighted by Crippen LogP contribution is 2.23. The van der Waals surface area contributed by atoms with Gasteiger partial charge < -0.3 is 10.5 Å². The van der Waals surface area contributed by atoms with Gasteiger partial charge in [-0.1, -0.05) is 12.1 Å². The first kappa shape index (κ1) is 15.5. The summed E-state index contributed by atoms with van der Waals surface area (Å²) in [5.41, 5.74) is 8.30. The van der Waals surface area contributed by atoms with Gasteiger partial charge in [0.25, 0.3) is 0 Å². The van der Waals surface area contributed by atoms with E-state index in [0.717, 1.165) is 34.9 Å². The Morgan fingerprint density at radius 1 is 1.09 bits per heavy atom. The Morgan fingerprint density at radius 2 is 1.87 bits per heavy atom. The molecule has 0 spiro atoms. The van der Waals surface area contributed by atoms with E-state index in [0.29, 0.717) is 12.3 Å². The zero-order valence-corrected chi connectivity index (χ0v) is 13.4. The van der Waals surface area contributed by atoms with Crippen LogP contribution in [0.3, 0.4) is 0 Å². The largest absolute Gasteiger partial charge is 0.491 e. The fraction of sp³-hybridized carbons (Fsp3) is 0.167. The first-order chi connectivity index (χ1) is 11.2. The van der Waals surface area contributed by atoms with Gasteiger partial charge in [0.15, 0.2) is 0 Å². The number of para-hydroxylation sites is 2. The SMILES string of the molecule is Nc1ccccc1OCCCc1nc(-c2ccc(F)cc2)cs1. The van der Waals surface area contributed by atoms with E-state index in [9.17, 15) is 4.39 Å². The van der Waals surface area contributed by atoms with Crippen molar-refractivity contribution in [2.75, 3.05) is 12.3 Å². The van der Waals surface area contributed by atoms with Crippen molar-refractivity contribution in [3.05, 3.63) is 64.7 Å². The van der Waals surface area contributed by atoms with Gasteiger partial charge in [-0.05, 0) is 42.8 Å². The first-order valence-corrected chi connectivity index (χ1v) is 8.28. The van der Waals surface area contributed by atoms with E-state index in [1.165, 1.54) is 12.1 Å². The molecule has 0 radical (unpaired) electrons. The van der Waals surface area contributed by atoms with Gasteiger partial charge in [-0.3, -0.25) is 0 Å². The second-order valence-corrected chi connectivity index (χ2v) is 6.07. The smallest absolute Gasteiger partial charge is 0.142 e. The van der Waals surface area contributed by atoms with E-state index in [2.05, 4.69) is 4.98 Å². The van der Waals surface area contributed by atoms with Crippen LogP contribution < -0.4 is 10.5 Å². The maximum absolute atomic E-state index is 12.9. The number of halogens is 1. The third-order valence-electron chi connectivity index (χ3n) is 3.40. The molecule has 1 aromatic heterocycles. The number of nitrogens with two attached hydrogens (primary N) is 1. The zero-order chi connectivity index (χ0) is 16.1. The number of rotatable bonds is 6. The molecule has 1 heterocycles. The third kappa shape index (κ3) is 4.07. The Bertz CT molecular complexity index is 771. The highest BCUT2D eigenvalue weighted by atomic mass is 32.1. The number of aromatic nitrogens is 1. The molecule has 2 N–H and O–H groups in total. The van der Waals surface area contributed by atoms with Crippen LogP contribution in [0.2, 0.25) is 0 Å². The molecule has 0 aliphatic heterocycles. The maximum Gasteiger partial charge on any atom is 0.142 e. The van der Waals surface area contributed by atoms with Crippen molar-refractivity contribution in [3.8, 4) is 17.0 Å². The number of anilines is 1. The Balaban J connectivity index is 1.52. The van der Waals surface area contributed by atoms with Crippen molar-refractivity contribution in [1.82, 2.24) is 4.98 Å². The monoisotopic (exact) mass is 328 g/mol. The van der Waals surface area contributed by atoms with Gasteiger partial charge in [0, 0.05) is 17.4 Å². The number of thiazole rings is 1. The summed E-state index contributed by atoms with van der Waals surface area (Å²) in [5.74, 6) is 0.486. The highest BCUT2D eigenvalue weighted by molar-refractivity contribution is 7.09. The van der Waals surface area contributed by atoms with E-state index >= 15 is 0 Å². The van der Waals surface area contributed by atoms with Crippen LogP contribution in [0.5, 0.6) is 5.75 Å². The summed E-state index contributed by atoms with van der Waals surface area (Å²) in [6.45, 7) is 0.597. The molecule has 0 bridgehead atoms. The molecule has 0 saturated carbocycles. The molecular formula is C18H17FN2OS. The molecule has 3 aromatic rings. The second-order valence-electron chi connectivity index (χ2n) is 5.12. The van der Waals surface area contributed by atoms with Crippen molar-refractivity contribution in [3.63, 3.8) is 0 Å². The average molecular weight is 328 g/mol. The van der Waals surface area contributed by atoms with Crippen LogP contribution >= 0.6 is 11.3 Å². The zero-order valence-electron chi connectivity index (χ0n) is 12.5. The number of nitrogen functional groups attached to an aromatic ring is 1. The summed E-state index contributed by atoms with van der Waals surface area (Å²) < 4.78 is 18.6. The lowest BCUT2D eigenvalue weighted by atomic mass is 10.2. The van der Waals surface area contributed by atoms with Gasteiger partial charge in [-0.25, -0.2) is 9.37 Å². The Morgan fingerprint density at radius 3 is 2.65 bits per heavy atom. The van der Waals surface area contributed by atoms with Gasteiger partial charge in [0.05, 0.1) is 23.0 Å². The molecule has 0 amide bonds. The molecule has 0 atom stereocenters. The van der Waals surface area contributed by atoms with Gasteiger partial charge in [0.1, 0.15) is 11.6 Å². The highest BCUT2D eigenvalue weighted by Gasteiger charge is 2.05. The average Bonchev–Trinajstić information content (AvgIpc) is 3.03. The van der Waals surface area contributed by atoms with Crippen LogP contribution in [0.1, 0.15) is 11.4 Å². The van der Waals surface area contributed by atoms with Crippen molar-refractivity contribution in [2.45, 2.75) is 12.8 Å². The normalized spacial score (nSPS) is 10.7. The molecular weight excluding hydrogens is 311 g/mol. The predicted molar refractivity (Wildman–Crippen MR) is 92.2 cm³/mol. The van der Waals surface area contributed by atoms with Crippen molar-refractivity contribution >= 4 is 17.0 Å². The number of benzene rings is 2. The van der Waals surface area contributed by atoms with Gasteiger partial charge in [-0.2, -0.15) is 0 Å². The minimum absolute atomic E-state index is 0.235. The molecule has 2 aromatic carbocycles. The van der Waals surface area contributed by atoms with E-state index in [-0.39, 0.29) is 5.82 Å². The number of hydrogen-bond acceptors (Lipinski definition) is 4. The van der Waals surface area contributed by atoms with Crippen LogP contribution in [0.25, 0.3) is 11.3 Å². The molecule has 0 unspecified atom stereocenters. The van der Waals surface area contributed by atoms with E-state index < -0.39 is 0 Å². The van der Waals surface area contributed by atoms with Crippen LogP contribution in [0.15, 0.2) is 53.9 Å². The van der Waals surface area contributed by atoms with E-state index in [1.54, 1.807) is 23.5 Å². The van der Waals surface area contributed by atoms with Crippen LogP contribution in [-0.4, -0.2) is 11.6 Å². The van der Waals surface area contributed by atoms with Gasteiger partial charge >= 0.3 is 0 Å². The molecule has 5 heteroatoms. The van der Waals surface area contributed by atoms with Crippen molar-refractivity contribution < 1.29 is 9.13 Å². The molecule has 3 nitrogen and oxygen atoms in total. The fourth-order valence-electron chi connectivity index (χ4n) is 2.20. The molecule has 0 saturated heterocycles. The standard InChI is InChI=1S/C18H17FN2OS/c19-14-9-7-13(8-10-14)16-12-23-18(21-16)6-3-11-22-17-5-2-1-4-15(17)20/h1-2,4-5,7-10,12H,3,6,11,20H2. The molecule has 0 aliphatic rings. The van der Waals surface area contributed by atoms with Crippen molar-refractivity contribution in [2.24, 2.45) is 0 Å². The molecule has 0 fully saturated rings. The predicted octanol–water partition coefficient (Wildman–Crippen LogP) is 4.54. The third-order valence-corrected chi connectivity index (χ3v) is 4.31. The Hall–Kier alpha value is -2.40. The summed E-state index contributed by atoms with van der Waals surface area (Å²) in [4.78, 5) is 4.59. The number of hydrogen-bond donors (Lipinski definition) is 1. The van der Waals surface area contributed by atoms with Gasteiger partial charge in [-0.15, -0.1) is 11.3 Å². The maximum atomic E-state index is 12.9. The quantitative estimate of drug-likeness (QED) is 0.534. The lowest BCUT2D eigenvalue weighted by Crippen LogP contribution is -2.01. The van der Waals surface area contributed by atoms with E-state index in [1.807, 2.05) is 29.6 Å². The Kier molecular flexibility index (Phi) is 4.88. The first-order valence-electron chi connectivity index (χ1n) is 7.40. The summed E-state index contributed by atoms with van der Waals surface area (Å²) >= 11 is 1.61. The van der Waals surface area contributed by atoms with Gasteiger partial charge in [0.2, 0.25) is 0 Å². The van der Waals surface area contributed by atoms with Crippen molar-refractivity contribution in [1.29, 1.82) is 0 Å². The summed E-state index contributed by atoms with van der Waals surface area (Å²) in [7, 11) is 0. The minimum atomic E-state index is -0.235. The minimum Gasteiger partial charge on any atom is -0.491 e. The lowest BCUT2D eigenvalue weighted by molar-refractivity contribution is 0.312. The van der Waals surface area contributed by atoms with Crippen LogP contribution in [-0.2, 0) is 6.42 Å². The molecule has 0 aliphatic carbocycles. The number of aryl methyl sites for hydroxylation is 1. The molecule has 118 valence electrons. The number of nitrogens with zero attached hydrogens (tertiary/aromatic N) is 1. The summed E-state index contributed by atoms with van der Waals surface area (Å²) in [6.07, 6.45) is 1.71. The summed E-state index contributed by atoms with van der Waals surface area (Å²) in [5, 5.41) is 3.05. The lowest BCUT2D eigenvalue weighted by Gasteiger charge is -2.07. The van der Waals surface area contributed by atoms with Crippen LogP contribution in [0.4, 0.5) is 10.1 Å². The molecule has 23 heavy (non-hydrogen) atoms. The fourth-order valence-corrected chi connectivity index (χ4v) is 3.05. The molecule has 3 rings (SSSR count). The topological polar surface area (TPSA) is 48.1 Å². The van der Waals surface area contributed by atoms with E-state index in [4.69, 9.17) is 10.5 Å².